The lowest BCUT2D eigenvalue weighted by molar-refractivity contribution is -0.125. The molecule has 3 rings (SSSR count). The zero-order valence-electron chi connectivity index (χ0n) is 16.7. The van der Waals surface area contributed by atoms with Gasteiger partial charge in [0.2, 0.25) is 5.91 Å². The van der Waals surface area contributed by atoms with Crippen LogP contribution in [0.4, 0.5) is 5.69 Å². The van der Waals surface area contributed by atoms with Crippen LogP contribution >= 0.6 is 0 Å². The highest BCUT2D eigenvalue weighted by Gasteiger charge is 2.34. The molecule has 0 saturated carbocycles. The SMILES string of the molecule is COCCNC(=O)[C@@H]1CCCN1C(=O)c1ccc(NS(=O)(=O)c2ccccc2)cc1. The van der Waals surface area contributed by atoms with Crippen molar-refractivity contribution in [2.75, 3.05) is 31.5 Å². The molecule has 1 aliphatic heterocycles. The van der Waals surface area contributed by atoms with Crippen molar-refractivity contribution in [1.29, 1.82) is 0 Å². The van der Waals surface area contributed by atoms with Crippen LogP contribution in [0.1, 0.15) is 23.2 Å². The number of nitrogens with zero attached hydrogens (tertiary/aromatic N) is 1. The number of hydrogen-bond acceptors (Lipinski definition) is 5. The molecule has 0 unspecified atom stereocenters. The topological polar surface area (TPSA) is 105 Å². The van der Waals surface area contributed by atoms with E-state index in [4.69, 9.17) is 4.74 Å². The Morgan fingerprint density at radius 3 is 2.47 bits per heavy atom. The van der Waals surface area contributed by atoms with Gasteiger partial charge in [0, 0.05) is 31.5 Å². The molecule has 0 aromatic heterocycles. The van der Waals surface area contributed by atoms with E-state index in [0.717, 1.165) is 6.42 Å². The third-order valence-corrected chi connectivity index (χ3v) is 6.26. The van der Waals surface area contributed by atoms with Crippen LogP contribution < -0.4 is 10.0 Å². The number of nitrogens with one attached hydrogen (secondary N) is 2. The summed E-state index contributed by atoms with van der Waals surface area (Å²) in [5.74, 6) is -0.443. The van der Waals surface area contributed by atoms with E-state index in [1.165, 1.54) is 24.3 Å². The summed E-state index contributed by atoms with van der Waals surface area (Å²) >= 11 is 0. The van der Waals surface area contributed by atoms with E-state index < -0.39 is 16.1 Å². The summed E-state index contributed by atoms with van der Waals surface area (Å²) in [6.07, 6.45) is 1.36. The maximum atomic E-state index is 12.9. The molecule has 1 fully saturated rings. The number of anilines is 1. The third kappa shape index (κ3) is 5.17. The minimum absolute atomic E-state index is 0.157. The Balaban J connectivity index is 1.67. The van der Waals surface area contributed by atoms with Crippen LogP contribution in [0.15, 0.2) is 59.5 Å². The van der Waals surface area contributed by atoms with E-state index in [1.54, 1.807) is 42.3 Å². The maximum Gasteiger partial charge on any atom is 0.261 e. The minimum atomic E-state index is -3.70. The molecule has 0 radical (unpaired) electrons. The zero-order chi connectivity index (χ0) is 21.6. The summed E-state index contributed by atoms with van der Waals surface area (Å²) in [6.45, 7) is 1.31. The number of ether oxygens (including phenoxy) is 1. The van der Waals surface area contributed by atoms with Gasteiger partial charge >= 0.3 is 0 Å². The lowest BCUT2D eigenvalue weighted by Crippen LogP contribution is -2.46. The van der Waals surface area contributed by atoms with Crippen molar-refractivity contribution < 1.29 is 22.7 Å². The maximum absolute atomic E-state index is 12.9. The predicted octanol–water partition coefficient (Wildman–Crippen LogP) is 1.85. The molecule has 1 heterocycles. The number of likely N-dealkylation sites (tertiary alicyclic amines) is 1. The van der Waals surface area contributed by atoms with Gasteiger partial charge in [0.05, 0.1) is 11.5 Å². The number of methoxy groups -OCH3 is 1. The van der Waals surface area contributed by atoms with Gasteiger partial charge in [-0.2, -0.15) is 0 Å². The van der Waals surface area contributed by atoms with Gasteiger partial charge < -0.3 is 15.0 Å². The predicted molar refractivity (Wildman–Crippen MR) is 113 cm³/mol. The zero-order valence-corrected chi connectivity index (χ0v) is 17.5. The minimum Gasteiger partial charge on any atom is -0.383 e. The number of rotatable bonds is 8. The molecule has 0 spiro atoms. The molecule has 0 bridgehead atoms. The molecule has 8 nitrogen and oxygen atoms in total. The molecule has 2 N–H and O–H groups in total. The van der Waals surface area contributed by atoms with Crippen LogP contribution in [-0.2, 0) is 19.6 Å². The van der Waals surface area contributed by atoms with Gasteiger partial charge in [-0.3, -0.25) is 14.3 Å². The second kappa shape index (κ2) is 9.73. The molecule has 1 atom stereocenters. The Morgan fingerprint density at radius 1 is 1.10 bits per heavy atom. The molecular weight excluding hydrogens is 406 g/mol. The van der Waals surface area contributed by atoms with E-state index >= 15 is 0 Å². The van der Waals surface area contributed by atoms with Gasteiger partial charge in [-0.1, -0.05) is 18.2 Å². The largest absolute Gasteiger partial charge is 0.383 e. The first-order valence-electron chi connectivity index (χ1n) is 9.68. The highest BCUT2D eigenvalue weighted by Crippen LogP contribution is 2.22. The van der Waals surface area contributed by atoms with Crippen LogP contribution in [0.3, 0.4) is 0 Å². The van der Waals surface area contributed by atoms with Crippen molar-refractivity contribution in [3.63, 3.8) is 0 Å². The van der Waals surface area contributed by atoms with Crippen molar-refractivity contribution in [1.82, 2.24) is 10.2 Å². The van der Waals surface area contributed by atoms with Gasteiger partial charge in [0.15, 0.2) is 0 Å². The lowest BCUT2D eigenvalue weighted by atomic mass is 10.1. The summed E-state index contributed by atoms with van der Waals surface area (Å²) in [6, 6.07) is 13.7. The van der Waals surface area contributed by atoms with Gasteiger partial charge in [0.1, 0.15) is 6.04 Å². The number of benzene rings is 2. The summed E-state index contributed by atoms with van der Waals surface area (Å²) in [7, 11) is -2.15. The Bertz CT molecular complexity index is 977. The summed E-state index contributed by atoms with van der Waals surface area (Å²) < 4.78 is 32.3. The molecule has 2 aromatic rings. The first-order valence-corrected chi connectivity index (χ1v) is 11.2. The second-order valence-corrected chi connectivity index (χ2v) is 8.62. The Labute approximate surface area is 176 Å². The number of amides is 2. The average Bonchev–Trinajstić information content (AvgIpc) is 3.24. The number of sulfonamides is 1. The summed E-state index contributed by atoms with van der Waals surface area (Å²) in [5.41, 5.74) is 0.750. The molecule has 1 saturated heterocycles. The molecule has 9 heteroatoms. The molecule has 2 amide bonds. The molecule has 0 aliphatic carbocycles. The molecule has 30 heavy (non-hydrogen) atoms. The Kier molecular flexibility index (Phi) is 7.07. The standard InChI is InChI=1S/C21H25N3O5S/c1-29-15-13-22-20(25)19-8-5-14-24(19)21(26)16-9-11-17(12-10-16)23-30(27,28)18-6-3-2-4-7-18/h2-4,6-7,9-12,19,23H,5,8,13-15H2,1H3,(H,22,25)/t19-/m0/s1. The highest BCUT2D eigenvalue weighted by molar-refractivity contribution is 7.92. The van der Waals surface area contributed by atoms with Crippen molar-refractivity contribution >= 4 is 27.5 Å². The monoisotopic (exact) mass is 431 g/mol. The molecular formula is C21H25N3O5S. The van der Waals surface area contributed by atoms with Crippen LogP contribution in [0.5, 0.6) is 0 Å². The van der Waals surface area contributed by atoms with Gasteiger partial charge in [-0.15, -0.1) is 0 Å². The fourth-order valence-corrected chi connectivity index (χ4v) is 4.42. The van der Waals surface area contributed by atoms with E-state index in [9.17, 15) is 18.0 Å². The van der Waals surface area contributed by atoms with Gasteiger partial charge in [0.25, 0.3) is 15.9 Å². The molecule has 1 aliphatic rings. The van der Waals surface area contributed by atoms with E-state index in [2.05, 4.69) is 10.0 Å². The van der Waals surface area contributed by atoms with Crippen molar-refractivity contribution in [2.45, 2.75) is 23.8 Å². The summed E-state index contributed by atoms with van der Waals surface area (Å²) in [4.78, 5) is 27.0. The molecule has 160 valence electrons. The normalized spacial score (nSPS) is 16.3. The van der Waals surface area contributed by atoms with Gasteiger partial charge in [-0.25, -0.2) is 8.42 Å². The Hall–Kier alpha value is -2.91. The van der Waals surface area contributed by atoms with Crippen molar-refractivity contribution in [3.8, 4) is 0 Å². The molecule has 2 aromatic carbocycles. The Morgan fingerprint density at radius 2 is 1.80 bits per heavy atom. The highest BCUT2D eigenvalue weighted by atomic mass is 32.2. The van der Waals surface area contributed by atoms with E-state index in [1.807, 2.05) is 0 Å². The number of carbonyl (C=O) groups is 2. The summed E-state index contributed by atoms with van der Waals surface area (Å²) in [5, 5.41) is 2.78. The third-order valence-electron chi connectivity index (χ3n) is 4.86. The van der Waals surface area contributed by atoms with Crippen LogP contribution in [0.2, 0.25) is 0 Å². The number of carbonyl (C=O) groups excluding carboxylic acids is 2. The average molecular weight is 432 g/mol. The quantitative estimate of drug-likeness (QED) is 0.621. The second-order valence-electron chi connectivity index (χ2n) is 6.94. The fraction of sp³-hybridized carbons (Fsp3) is 0.333. The van der Waals surface area contributed by atoms with Crippen molar-refractivity contribution in [2.24, 2.45) is 0 Å². The lowest BCUT2D eigenvalue weighted by Gasteiger charge is -2.24. The van der Waals surface area contributed by atoms with Crippen LogP contribution in [-0.4, -0.2) is 58.0 Å². The van der Waals surface area contributed by atoms with E-state index in [-0.39, 0.29) is 16.7 Å². The first kappa shape index (κ1) is 21.8. The first-order chi connectivity index (χ1) is 14.4. The van der Waals surface area contributed by atoms with Crippen LogP contribution in [0.25, 0.3) is 0 Å². The smallest absolute Gasteiger partial charge is 0.261 e. The van der Waals surface area contributed by atoms with E-state index in [0.29, 0.717) is 37.4 Å². The van der Waals surface area contributed by atoms with Crippen LogP contribution in [0, 0.1) is 0 Å². The van der Waals surface area contributed by atoms with Gasteiger partial charge in [-0.05, 0) is 49.2 Å². The van der Waals surface area contributed by atoms with Crippen molar-refractivity contribution in [3.05, 3.63) is 60.2 Å². The number of hydrogen-bond donors (Lipinski definition) is 2. The fourth-order valence-electron chi connectivity index (χ4n) is 3.34.